The second-order valence-electron chi connectivity index (χ2n) is 8.43. The summed E-state index contributed by atoms with van der Waals surface area (Å²) in [5.41, 5.74) is 5.65. The maximum absolute atomic E-state index is 13.2. The number of cyclic esters (lactones) is 1. The van der Waals surface area contributed by atoms with E-state index in [1.165, 1.54) is 0 Å². The Balaban J connectivity index is 1.84. The maximum Gasteiger partial charge on any atom is 0.340 e. The van der Waals surface area contributed by atoms with Crippen molar-refractivity contribution < 1.29 is 9.53 Å². The van der Waals surface area contributed by atoms with Crippen LogP contribution in [0.5, 0.6) is 0 Å². The molecule has 2 aromatic heterocycles. The molecular weight excluding hydrogens is 410 g/mol. The molecule has 0 N–H and O–H groups in total. The topological polar surface area (TPSA) is 47.4 Å². The molecular formula is C28H29N3O2. The fourth-order valence-corrected chi connectivity index (χ4v) is 5.43. The molecule has 0 spiro atoms. The number of benzene rings is 2. The Morgan fingerprint density at radius 2 is 1.73 bits per heavy atom. The molecule has 4 aromatic rings. The van der Waals surface area contributed by atoms with Crippen LogP contribution in [0.4, 0.5) is 5.69 Å². The molecule has 1 aliphatic heterocycles. The molecule has 33 heavy (non-hydrogen) atoms. The Hall–Kier alpha value is -3.60. The Kier molecular flexibility index (Phi) is 5.20. The highest BCUT2D eigenvalue weighted by Crippen LogP contribution is 2.50. The van der Waals surface area contributed by atoms with E-state index in [1.807, 2.05) is 6.07 Å². The number of aromatic nitrogens is 2. The van der Waals surface area contributed by atoms with Gasteiger partial charge in [0, 0.05) is 71.0 Å². The van der Waals surface area contributed by atoms with Crippen LogP contribution < -0.4 is 4.90 Å². The molecule has 0 fully saturated rings. The number of fused-ring (bicyclic) bond motifs is 2. The molecule has 1 aliphatic rings. The van der Waals surface area contributed by atoms with Gasteiger partial charge in [-0.3, -0.25) is 4.98 Å². The molecule has 2 aromatic carbocycles. The summed E-state index contributed by atoms with van der Waals surface area (Å²) in [5.74, 6) is -0.312. The van der Waals surface area contributed by atoms with Gasteiger partial charge < -0.3 is 14.2 Å². The van der Waals surface area contributed by atoms with Gasteiger partial charge in [0.2, 0.25) is 0 Å². The van der Waals surface area contributed by atoms with Gasteiger partial charge in [-0.15, -0.1) is 0 Å². The number of hydrogen-bond donors (Lipinski definition) is 0. The first kappa shape index (κ1) is 21.3. The zero-order chi connectivity index (χ0) is 23.2. The minimum Gasteiger partial charge on any atom is -0.440 e. The van der Waals surface area contributed by atoms with Crippen LogP contribution in [0.25, 0.3) is 10.9 Å². The quantitative estimate of drug-likeness (QED) is 0.363. The highest BCUT2D eigenvalue weighted by Gasteiger charge is 2.51. The van der Waals surface area contributed by atoms with Crippen LogP contribution in [0.1, 0.15) is 53.5 Å². The van der Waals surface area contributed by atoms with Gasteiger partial charge in [-0.1, -0.05) is 30.3 Å². The monoisotopic (exact) mass is 439 g/mol. The molecule has 1 atom stereocenters. The van der Waals surface area contributed by atoms with E-state index in [4.69, 9.17) is 4.74 Å². The second kappa shape index (κ2) is 8.07. The van der Waals surface area contributed by atoms with Crippen molar-refractivity contribution in [3.63, 3.8) is 0 Å². The number of carbonyl (C=O) groups excluding carboxylic acids is 1. The first-order valence-corrected chi connectivity index (χ1v) is 11.7. The molecule has 5 rings (SSSR count). The molecule has 5 heteroatoms. The molecule has 168 valence electrons. The molecule has 0 radical (unpaired) electrons. The third kappa shape index (κ3) is 2.99. The van der Waals surface area contributed by atoms with Gasteiger partial charge in [-0.05, 0) is 52.0 Å². The summed E-state index contributed by atoms with van der Waals surface area (Å²) in [6.45, 7) is 11.3. The summed E-state index contributed by atoms with van der Waals surface area (Å²) in [6, 6.07) is 18.6. The molecule has 0 saturated heterocycles. The average Bonchev–Trinajstić information content (AvgIpc) is 3.31. The van der Waals surface area contributed by atoms with Crippen LogP contribution in [0.15, 0.2) is 67.0 Å². The van der Waals surface area contributed by atoms with Gasteiger partial charge in [0.1, 0.15) is 0 Å². The number of hydrogen-bond acceptors (Lipinski definition) is 4. The summed E-state index contributed by atoms with van der Waals surface area (Å²) in [7, 11) is 0. The van der Waals surface area contributed by atoms with Crippen molar-refractivity contribution in [2.24, 2.45) is 0 Å². The Bertz CT molecular complexity index is 1340. The molecule has 1 unspecified atom stereocenters. The number of ether oxygens (including phenoxy) is 1. The van der Waals surface area contributed by atoms with Crippen LogP contribution in [0, 0.1) is 6.92 Å². The number of esters is 1. The van der Waals surface area contributed by atoms with Crippen molar-refractivity contribution in [2.45, 2.75) is 39.8 Å². The zero-order valence-corrected chi connectivity index (χ0v) is 19.6. The van der Waals surface area contributed by atoms with E-state index in [9.17, 15) is 4.79 Å². The Labute approximate surface area is 194 Å². The molecule has 3 heterocycles. The van der Waals surface area contributed by atoms with E-state index < -0.39 is 5.60 Å². The first-order chi connectivity index (χ1) is 16.1. The van der Waals surface area contributed by atoms with Crippen LogP contribution in [0.3, 0.4) is 0 Å². The maximum atomic E-state index is 13.2. The lowest BCUT2D eigenvalue weighted by molar-refractivity contribution is 0.0253. The SMILES string of the molecule is CCN(CC)c1ccc(C2(c3c(C)n(CC)c4ccccc34)OC(=O)c3ccncc32)cc1. The number of rotatable bonds is 6. The first-order valence-electron chi connectivity index (χ1n) is 11.7. The molecule has 0 saturated carbocycles. The normalized spacial score (nSPS) is 17.3. The third-order valence-corrected chi connectivity index (χ3v) is 6.97. The van der Waals surface area contributed by atoms with Gasteiger partial charge in [-0.2, -0.15) is 0 Å². The predicted octanol–water partition coefficient (Wildman–Crippen LogP) is 5.67. The molecule has 0 amide bonds. The summed E-state index contributed by atoms with van der Waals surface area (Å²) >= 11 is 0. The smallest absolute Gasteiger partial charge is 0.340 e. The standard InChI is InChI=1S/C28H29N3O2/c1-5-30(6-2)21-14-12-20(13-15-21)28(24-18-29-17-16-22(24)27(32)33-28)26-19(4)31(7-3)25-11-9-8-10-23(25)26/h8-18H,5-7H2,1-4H3. The highest BCUT2D eigenvalue weighted by molar-refractivity contribution is 5.98. The largest absolute Gasteiger partial charge is 0.440 e. The molecule has 5 nitrogen and oxygen atoms in total. The van der Waals surface area contributed by atoms with Gasteiger partial charge in [0.15, 0.2) is 5.60 Å². The number of anilines is 1. The van der Waals surface area contributed by atoms with Gasteiger partial charge >= 0.3 is 5.97 Å². The van der Waals surface area contributed by atoms with Gasteiger partial charge in [0.05, 0.1) is 5.56 Å². The van der Waals surface area contributed by atoms with Crippen LogP contribution in [-0.2, 0) is 16.9 Å². The van der Waals surface area contributed by atoms with Crippen molar-refractivity contribution in [3.8, 4) is 0 Å². The lowest BCUT2D eigenvalue weighted by atomic mass is 9.79. The van der Waals surface area contributed by atoms with Crippen LogP contribution in [-0.4, -0.2) is 28.6 Å². The van der Waals surface area contributed by atoms with E-state index in [0.29, 0.717) is 5.56 Å². The Morgan fingerprint density at radius 1 is 1.00 bits per heavy atom. The summed E-state index contributed by atoms with van der Waals surface area (Å²) in [6.07, 6.45) is 3.44. The summed E-state index contributed by atoms with van der Waals surface area (Å²) in [5, 5.41) is 1.09. The number of para-hydroxylation sites is 1. The minimum atomic E-state index is -1.05. The lowest BCUT2D eigenvalue weighted by Crippen LogP contribution is -2.31. The van der Waals surface area contributed by atoms with Crippen molar-refractivity contribution in [1.29, 1.82) is 0 Å². The van der Waals surface area contributed by atoms with Crippen molar-refractivity contribution in [1.82, 2.24) is 9.55 Å². The van der Waals surface area contributed by atoms with E-state index >= 15 is 0 Å². The molecule has 0 bridgehead atoms. The zero-order valence-electron chi connectivity index (χ0n) is 19.6. The van der Waals surface area contributed by atoms with Crippen molar-refractivity contribution in [3.05, 3.63) is 94.9 Å². The minimum absolute atomic E-state index is 0.312. The van der Waals surface area contributed by atoms with Crippen molar-refractivity contribution in [2.75, 3.05) is 18.0 Å². The summed E-state index contributed by atoms with van der Waals surface area (Å²) < 4.78 is 8.68. The van der Waals surface area contributed by atoms with E-state index in [2.05, 4.69) is 84.6 Å². The number of carbonyl (C=O) groups is 1. The van der Waals surface area contributed by atoms with Crippen LogP contribution in [0.2, 0.25) is 0 Å². The third-order valence-electron chi connectivity index (χ3n) is 6.97. The van der Waals surface area contributed by atoms with E-state index in [-0.39, 0.29) is 5.97 Å². The van der Waals surface area contributed by atoms with Crippen LogP contribution >= 0.6 is 0 Å². The number of pyridine rings is 1. The van der Waals surface area contributed by atoms with E-state index in [1.54, 1.807) is 18.5 Å². The summed E-state index contributed by atoms with van der Waals surface area (Å²) in [4.78, 5) is 19.9. The fourth-order valence-electron chi connectivity index (χ4n) is 5.43. The molecule has 0 aliphatic carbocycles. The fraction of sp³-hybridized carbons (Fsp3) is 0.286. The van der Waals surface area contributed by atoms with Gasteiger partial charge in [0.25, 0.3) is 0 Å². The highest BCUT2D eigenvalue weighted by atomic mass is 16.6. The average molecular weight is 440 g/mol. The van der Waals surface area contributed by atoms with E-state index in [0.717, 1.165) is 58.6 Å². The number of aryl methyl sites for hydroxylation is 1. The van der Waals surface area contributed by atoms with Gasteiger partial charge in [-0.25, -0.2) is 4.79 Å². The Morgan fingerprint density at radius 3 is 2.42 bits per heavy atom. The van der Waals surface area contributed by atoms with Crippen molar-refractivity contribution >= 4 is 22.6 Å². The predicted molar refractivity (Wildman–Crippen MR) is 132 cm³/mol. The number of nitrogens with zero attached hydrogens (tertiary/aromatic N) is 3. The lowest BCUT2D eigenvalue weighted by Gasteiger charge is -2.31. The second-order valence-corrected chi connectivity index (χ2v) is 8.43.